The van der Waals surface area contributed by atoms with E-state index < -0.39 is 72.8 Å². The van der Waals surface area contributed by atoms with Gasteiger partial charge in [-0.1, -0.05) is 0 Å². The Labute approximate surface area is 176 Å². The van der Waals surface area contributed by atoms with Crippen molar-refractivity contribution in [1.82, 2.24) is 16.0 Å². The lowest BCUT2D eigenvalue weighted by molar-refractivity contribution is -0.144. The van der Waals surface area contributed by atoms with Crippen molar-refractivity contribution in [3.8, 4) is 0 Å². The van der Waals surface area contributed by atoms with E-state index in [-0.39, 0.29) is 18.6 Å². The summed E-state index contributed by atoms with van der Waals surface area (Å²) in [6.45, 7) is -0.965. The molecule has 30 heavy (non-hydrogen) atoms. The van der Waals surface area contributed by atoms with Gasteiger partial charge in [-0.05, 0) is 6.42 Å². The zero-order valence-electron chi connectivity index (χ0n) is 15.7. The molecular weight excluding hydrogens is 426 g/mol. The van der Waals surface area contributed by atoms with Crippen molar-refractivity contribution < 1.29 is 44.1 Å². The minimum atomic E-state index is -1.71. The quantitative estimate of drug-likeness (QED) is 0.114. The lowest BCUT2D eigenvalue weighted by Gasteiger charge is -2.23. The fourth-order valence-corrected chi connectivity index (χ4v) is 2.27. The Morgan fingerprint density at radius 2 is 1.37 bits per heavy atom. The molecule has 0 fully saturated rings. The number of rotatable bonds is 14. The molecule has 0 saturated carbocycles. The van der Waals surface area contributed by atoms with Crippen molar-refractivity contribution in [1.29, 1.82) is 0 Å². The Hall–Kier alpha value is -2.91. The number of primary amides is 1. The van der Waals surface area contributed by atoms with Crippen molar-refractivity contribution in [2.75, 3.05) is 12.4 Å². The summed E-state index contributed by atoms with van der Waals surface area (Å²) in [5.74, 6) is -6.95. The summed E-state index contributed by atoms with van der Waals surface area (Å²) in [5, 5.41) is 32.9. The number of aliphatic hydroxyl groups is 1. The van der Waals surface area contributed by atoms with Crippen molar-refractivity contribution in [2.45, 2.75) is 43.4 Å². The minimum absolute atomic E-state index is 0.0795. The molecule has 0 saturated heterocycles. The second-order valence-corrected chi connectivity index (χ2v) is 6.46. The van der Waals surface area contributed by atoms with Gasteiger partial charge >= 0.3 is 11.9 Å². The maximum atomic E-state index is 12.4. The van der Waals surface area contributed by atoms with E-state index >= 15 is 0 Å². The van der Waals surface area contributed by atoms with Crippen LogP contribution in [0.3, 0.4) is 0 Å². The largest absolute Gasteiger partial charge is 0.481 e. The van der Waals surface area contributed by atoms with Gasteiger partial charge in [0, 0.05) is 12.2 Å². The van der Waals surface area contributed by atoms with E-state index in [0.29, 0.717) is 0 Å². The number of hydrogen-bond acceptors (Lipinski definition) is 9. The molecule has 0 aliphatic rings. The second-order valence-electron chi connectivity index (χ2n) is 6.10. The summed E-state index contributed by atoms with van der Waals surface area (Å²) in [6.07, 6.45) is -1.15. The fourth-order valence-electron chi connectivity index (χ4n) is 2.02. The highest BCUT2D eigenvalue weighted by molar-refractivity contribution is 7.80. The Kier molecular flexibility index (Phi) is 12.0. The third kappa shape index (κ3) is 10.0. The summed E-state index contributed by atoms with van der Waals surface area (Å²) in [5.41, 5.74) is 10.5. The first-order valence-electron chi connectivity index (χ1n) is 8.54. The van der Waals surface area contributed by atoms with E-state index in [1.165, 1.54) is 0 Å². The maximum absolute atomic E-state index is 12.4. The first-order chi connectivity index (χ1) is 13.9. The average Bonchev–Trinajstić information content (AvgIpc) is 2.66. The summed E-state index contributed by atoms with van der Waals surface area (Å²) in [4.78, 5) is 69.1. The van der Waals surface area contributed by atoms with Gasteiger partial charge in [-0.2, -0.15) is 12.6 Å². The lowest BCUT2D eigenvalue weighted by Crippen LogP contribution is -2.58. The zero-order chi connectivity index (χ0) is 23.4. The second kappa shape index (κ2) is 13.3. The van der Waals surface area contributed by atoms with Crippen LogP contribution in [0, 0.1) is 0 Å². The third-order valence-corrected chi connectivity index (χ3v) is 4.03. The molecule has 4 unspecified atom stereocenters. The molecule has 4 atom stereocenters. The monoisotopic (exact) mass is 451 g/mol. The number of carboxylic acids is 2. The van der Waals surface area contributed by atoms with Gasteiger partial charge in [-0.25, -0.2) is 4.79 Å². The summed E-state index contributed by atoms with van der Waals surface area (Å²) in [7, 11) is 0. The first-order valence-corrected chi connectivity index (χ1v) is 9.17. The standard InChI is InChI=1S/C15H25N5O9S/c16-6(1-2-10(17)22)12(25)20-9(5-30)14(27)18-7(3-11(23)24)13(26)19-8(4-21)15(28)29/h6-9,21,30H,1-5,16H2,(H2,17,22)(H,18,27)(H,19,26)(H,20,25)(H,23,24)(H,28,29). The molecule has 0 spiro atoms. The first kappa shape index (κ1) is 27.1. The minimum Gasteiger partial charge on any atom is -0.481 e. The van der Waals surface area contributed by atoms with Gasteiger partial charge in [-0.3, -0.25) is 24.0 Å². The fraction of sp³-hybridized carbons (Fsp3) is 0.600. The number of aliphatic carboxylic acids is 2. The van der Waals surface area contributed by atoms with Gasteiger partial charge < -0.3 is 42.7 Å². The van der Waals surface area contributed by atoms with Crippen LogP contribution in [0.1, 0.15) is 19.3 Å². The smallest absolute Gasteiger partial charge is 0.328 e. The number of amides is 4. The molecule has 0 aromatic carbocycles. The van der Waals surface area contributed by atoms with E-state index in [9.17, 15) is 28.8 Å². The third-order valence-electron chi connectivity index (χ3n) is 3.66. The highest BCUT2D eigenvalue weighted by Gasteiger charge is 2.31. The maximum Gasteiger partial charge on any atom is 0.328 e. The highest BCUT2D eigenvalue weighted by Crippen LogP contribution is 2.00. The van der Waals surface area contributed by atoms with E-state index in [1.807, 2.05) is 5.32 Å². The van der Waals surface area contributed by atoms with Gasteiger partial charge in [0.15, 0.2) is 0 Å². The highest BCUT2D eigenvalue weighted by atomic mass is 32.1. The molecule has 0 rings (SSSR count). The van der Waals surface area contributed by atoms with Gasteiger partial charge in [0.05, 0.1) is 19.1 Å². The van der Waals surface area contributed by atoms with Crippen LogP contribution in [0.2, 0.25) is 0 Å². The van der Waals surface area contributed by atoms with Gasteiger partial charge in [0.25, 0.3) is 0 Å². The van der Waals surface area contributed by atoms with Crippen molar-refractivity contribution in [3.63, 3.8) is 0 Å². The predicted octanol–water partition coefficient (Wildman–Crippen LogP) is -4.48. The predicted molar refractivity (Wildman–Crippen MR) is 103 cm³/mol. The van der Waals surface area contributed by atoms with Crippen molar-refractivity contribution in [2.24, 2.45) is 11.5 Å². The molecule has 10 N–H and O–H groups in total. The number of carbonyl (C=O) groups excluding carboxylic acids is 4. The van der Waals surface area contributed by atoms with Crippen LogP contribution >= 0.6 is 12.6 Å². The number of thiol groups is 1. The summed E-state index contributed by atoms with van der Waals surface area (Å²) < 4.78 is 0. The van der Waals surface area contributed by atoms with Crippen LogP contribution in [0.15, 0.2) is 0 Å². The Bertz CT molecular complexity index is 675. The van der Waals surface area contributed by atoms with E-state index in [2.05, 4.69) is 23.3 Å². The molecule has 14 nitrogen and oxygen atoms in total. The van der Waals surface area contributed by atoms with Gasteiger partial charge in [0.2, 0.25) is 23.6 Å². The van der Waals surface area contributed by atoms with Crippen molar-refractivity contribution in [3.05, 3.63) is 0 Å². The van der Waals surface area contributed by atoms with Crippen LogP contribution in [0.5, 0.6) is 0 Å². The Morgan fingerprint density at radius 3 is 1.80 bits per heavy atom. The van der Waals surface area contributed by atoms with Crippen LogP contribution in [-0.4, -0.2) is 87.4 Å². The van der Waals surface area contributed by atoms with E-state index in [1.54, 1.807) is 0 Å². The van der Waals surface area contributed by atoms with E-state index in [4.69, 9.17) is 26.8 Å². The molecule has 170 valence electrons. The number of hydrogen-bond donors (Lipinski definition) is 9. The zero-order valence-corrected chi connectivity index (χ0v) is 16.6. The number of nitrogens with one attached hydrogen (secondary N) is 3. The van der Waals surface area contributed by atoms with Gasteiger partial charge in [0.1, 0.15) is 18.1 Å². The Balaban J connectivity index is 5.14. The van der Waals surface area contributed by atoms with Crippen molar-refractivity contribution >= 4 is 48.2 Å². The average molecular weight is 451 g/mol. The lowest BCUT2D eigenvalue weighted by atomic mass is 10.1. The van der Waals surface area contributed by atoms with Crippen LogP contribution in [0.25, 0.3) is 0 Å². The molecule has 0 bridgehead atoms. The van der Waals surface area contributed by atoms with E-state index in [0.717, 1.165) is 0 Å². The molecule has 0 heterocycles. The molecule has 0 aromatic rings. The molecule has 0 aliphatic carbocycles. The number of aliphatic hydroxyl groups excluding tert-OH is 1. The SMILES string of the molecule is NC(=O)CCC(N)C(=O)NC(CS)C(=O)NC(CC(=O)O)C(=O)NC(CO)C(=O)O. The van der Waals surface area contributed by atoms with Crippen LogP contribution in [0.4, 0.5) is 0 Å². The summed E-state index contributed by atoms with van der Waals surface area (Å²) >= 11 is 3.91. The molecule has 0 aromatic heterocycles. The Morgan fingerprint density at radius 1 is 0.867 bits per heavy atom. The van der Waals surface area contributed by atoms with Crippen LogP contribution in [-0.2, 0) is 28.8 Å². The normalized spacial score (nSPS) is 14.5. The molecule has 4 amide bonds. The van der Waals surface area contributed by atoms with Gasteiger partial charge in [-0.15, -0.1) is 0 Å². The van der Waals surface area contributed by atoms with Crippen LogP contribution < -0.4 is 27.4 Å². The molecule has 0 aliphatic heterocycles. The summed E-state index contributed by atoms with van der Waals surface area (Å²) in [6, 6.07) is -5.90. The molecule has 15 heteroatoms. The molecule has 0 radical (unpaired) electrons. The topological polar surface area (TPSA) is 251 Å². The number of carbonyl (C=O) groups is 6. The molecular formula is C15H25N5O9S. The number of carboxylic acid groups (broad SMARTS) is 2. The number of nitrogens with two attached hydrogens (primary N) is 2.